The highest BCUT2D eigenvalue weighted by molar-refractivity contribution is 5.75. The third-order valence-corrected chi connectivity index (χ3v) is 2.41. The average molecular weight is 231 g/mol. The van der Waals surface area contributed by atoms with Crippen molar-refractivity contribution >= 4 is 5.91 Å². The molecule has 0 spiro atoms. The molecule has 1 aromatic heterocycles. The maximum atomic E-state index is 11.3. The summed E-state index contributed by atoms with van der Waals surface area (Å²) in [5.74, 6) is 0.458. The Morgan fingerprint density at radius 1 is 1.35 bits per heavy atom. The molecule has 1 amide bonds. The minimum Gasteiger partial charge on any atom is -0.358 e. The Morgan fingerprint density at radius 2 is 2.06 bits per heavy atom. The number of carbonyl (C=O) groups excluding carboxylic acids is 1. The fraction of sp³-hybridized carbons (Fsp3) is 0.273. The smallest absolute Gasteiger partial charge is 0.241 e. The van der Waals surface area contributed by atoms with Gasteiger partial charge in [0.1, 0.15) is 6.54 Å². The number of nitrogens with zero attached hydrogens (tertiary/aromatic N) is 4. The van der Waals surface area contributed by atoms with Gasteiger partial charge in [-0.25, -0.2) is 4.68 Å². The van der Waals surface area contributed by atoms with Crippen LogP contribution in [0.4, 0.5) is 0 Å². The monoisotopic (exact) mass is 231 g/mol. The van der Waals surface area contributed by atoms with E-state index in [0.717, 1.165) is 5.56 Å². The third-order valence-electron chi connectivity index (χ3n) is 2.41. The van der Waals surface area contributed by atoms with Gasteiger partial charge in [-0.05, 0) is 17.4 Å². The van der Waals surface area contributed by atoms with Crippen LogP contribution in [0.1, 0.15) is 5.56 Å². The number of benzene rings is 1. The van der Waals surface area contributed by atoms with E-state index in [0.29, 0.717) is 5.82 Å². The van der Waals surface area contributed by atoms with Crippen LogP contribution < -0.4 is 5.32 Å². The molecular formula is C11H13N5O. The van der Waals surface area contributed by atoms with Crippen LogP contribution in [0.25, 0.3) is 11.4 Å². The first-order valence-corrected chi connectivity index (χ1v) is 5.24. The summed E-state index contributed by atoms with van der Waals surface area (Å²) in [6.45, 7) is 2.13. The van der Waals surface area contributed by atoms with E-state index in [9.17, 15) is 4.79 Å². The van der Waals surface area contributed by atoms with Crippen LogP contribution in [0.3, 0.4) is 0 Å². The molecular weight excluding hydrogens is 218 g/mol. The summed E-state index contributed by atoms with van der Waals surface area (Å²) in [6, 6.07) is 7.82. The van der Waals surface area contributed by atoms with Gasteiger partial charge in [-0.3, -0.25) is 4.79 Å². The Balaban J connectivity index is 2.30. The van der Waals surface area contributed by atoms with Crippen LogP contribution in [0.15, 0.2) is 24.3 Å². The van der Waals surface area contributed by atoms with Crippen molar-refractivity contribution in [3.8, 4) is 11.4 Å². The summed E-state index contributed by atoms with van der Waals surface area (Å²) < 4.78 is 1.48. The van der Waals surface area contributed by atoms with Gasteiger partial charge in [0.25, 0.3) is 0 Å². The molecule has 17 heavy (non-hydrogen) atoms. The van der Waals surface area contributed by atoms with Crippen LogP contribution in [-0.4, -0.2) is 33.2 Å². The molecule has 0 bridgehead atoms. The molecule has 6 heteroatoms. The van der Waals surface area contributed by atoms with Crippen LogP contribution >= 0.6 is 0 Å². The second-order valence-corrected chi connectivity index (χ2v) is 3.70. The lowest BCUT2D eigenvalue weighted by Crippen LogP contribution is -2.24. The lowest BCUT2D eigenvalue weighted by atomic mass is 10.1. The van der Waals surface area contributed by atoms with E-state index in [1.165, 1.54) is 10.2 Å². The maximum absolute atomic E-state index is 11.3. The first-order chi connectivity index (χ1) is 8.20. The van der Waals surface area contributed by atoms with E-state index < -0.39 is 0 Å². The molecule has 0 fully saturated rings. The van der Waals surface area contributed by atoms with Crippen molar-refractivity contribution in [1.29, 1.82) is 0 Å². The molecule has 6 nitrogen and oxygen atoms in total. The van der Waals surface area contributed by atoms with Crippen molar-refractivity contribution in [2.24, 2.45) is 0 Å². The lowest BCUT2D eigenvalue weighted by Gasteiger charge is -2.03. The highest BCUT2D eigenvalue weighted by atomic mass is 16.2. The molecule has 88 valence electrons. The number of nitrogens with one attached hydrogen (secondary N) is 1. The van der Waals surface area contributed by atoms with Gasteiger partial charge < -0.3 is 5.32 Å². The van der Waals surface area contributed by atoms with Gasteiger partial charge in [0.15, 0.2) is 5.82 Å². The van der Waals surface area contributed by atoms with Crippen molar-refractivity contribution in [2.75, 3.05) is 7.05 Å². The van der Waals surface area contributed by atoms with Gasteiger partial charge in [-0.15, -0.1) is 5.10 Å². The summed E-state index contributed by atoms with van der Waals surface area (Å²) in [5.41, 5.74) is 2.06. The lowest BCUT2D eigenvalue weighted by molar-refractivity contribution is -0.121. The largest absolute Gasteiger partial charge is 0.358 e. The van der Waals surface area contributed by atoms with E-state index in [1.807, 2.05) is 31.2 Å². The van der Waals surface area contributed by atoms with Crippen LogP contribution in [0.5, 0.6) is 0 Å². The maximum Gasteiger partial charge on any atom is 0.241 e. The molecule has 1 heterocycles. The number of tetrazole rings is 1. The average Bonchev–Trinajstić information content (AvgIpc) is 2.78. The van der Waals surface area contributed by atoms with Gasteiger partial charge in [0, 0.05) is 12.6 Å². The van der Waals surface area contributed by atoms with Crippen molar-refractivity contribution < 1.29 is 4.79 Å². The Morgan fingerprint density at radius 3 is 2.71 bits per heavy atom. The van der Waals surface area contributed by atoms with E-state index in [2.05, 4.69) is 20.8 Å². The summed E-state index contributed by atoms with van der Waals surface area (Å²) >= 11 is 0. The van der Waals surface area contributed by atoms with Gasteiger partial charge in [0.2, 0.25) is 5.91 Å². The zero-order valence-electron chi connectivity index (χ0n) is 9.71. The Bertz CT molecular complexity index is 517. The Hall–Kier alpha value is -2.24. The van der Waals surface area contributed by atoms with Gasteiger partial charge in [-0.1, -0.05) is 29.8 Å². The number of carbonyl (C=O) groups is 1. The summed E-state index contributed by atoms with van der Waals surface area (Å²) in [7, 11) is 1.58. The SMILES string of the molecule is CNC(=O)Cn1nnnc1-c1ccc(C)cc1. The molecule has 0 radical (unpaired) electrons. The molecule has 1 aromatic carbocycles. The van der Waals surface area contributed by atoms with Crippen molar-refractivity contribution in [1.82, 2.24) is 25.5 Å². The fourth-order valence-electron chi connectivity index (χ4n) is 1.44. The van der Waals surface area contributed by atoms with E-state index in [1.54, 1.807) is 7.05 Å². The summed E-state index contributed by atoms with van der Waals surface area (Å²) in [5, 5.41) is 13.8. The number of aryl methyl sites for hydroxylation is 1. The highest BCUT2D eigenvalue weighted by Gasteiger charge is 2.10. The molecule has 0 saturated heterocycles. The van der Waals surface area contributed by atoms with E-state index in [4.69, 9.17) is 0 Å². The number of rotatable bonds is 3. The van der Waals surface area contributed by atoms with Crippen molar-refractivity contribution in [2.45, 2.75) is 13.5 Å². The number of aromatic nitrogens is 4. The standard InChI is InChI=1S/C11H13N5O/c1-8-3-5-9(6-4-8)11-13-14-15-16(11)7-10(17)12-2/h3-6H,7H2,1-2H3,(H,12,17). The molecule has 1 N–H and O–H groups in total. The molecule has 0 saturated carbocycles. The van der Waals surface area contributed by atoms with Crippen LogP contribution in [0.2, 0.25) is 0 Å². The summed E-state index contributed by atoms with van der Waals surface area (Å²) in [4.78, 5) is 11.3. The van der Waals surface area contributed by atoms with E-state index in [-0.39, 0.29) is 12.5 Å². The van der Waals surface area contributed by atoms with Gasteiger partial charge in [0.05, 0.1) is 0 Å². The zero-order chi connectivity index (χ0) is 12.3. The molecule has 0 atom stereocenters. The Kier molecular flexibility index (Phi) is 3.13. The number of likely N-dealkylation sites (N-methyl/N-ethyl adjacent to an activating group) is 1. The number of hydrogen-bond acceptors (Lipinski definition) is 4. The fourth-order valence-corrected chi connectivity index (χ4v) is 1.44. The quantitative estimate of drug-likeness (QED) is 0.829. The minimum atomic E-state index is -0.134. The molecule has 2 rings (SSSR count). The second kappa shape index (κ2) is 4.73. The van der Waals surface area contributed by atoms with Crippen molar-refractivity contribution in [3.63, 3.8) is 0 Å². The normalized spacial score (nSPS) is 10.2. The van der Waals surface area contributed by atoms with E-state index >= 15 is 0 Å². The van der Waals surface area contributed by atoms with Gasteiger partial charge in [-0.2, -0.15) is 0 Å². The minimum absolute atomic E-state index is 0.118. The second-order valence-electron chi connectivity index (χ2n) is 3.70. The summed E-state index contributed by atoms with van der Waals surface area (Å²) in [6.07, 6.45) is 0. The molecule has 0 aliphatic carbocycles. The number of hydrogen-bond donors (Lipinski definition) is 1. The highest BCUT2D eigenvalue weighted by Crippen LogP contribution is 2.15. The first-order valence-electron chi connectivity index (χ1n) is 5.24. The molecule has 2 aromatic rings. The molecule has 0 aliphatic heterocycles. The van der Waals surface area contributed by atoms with Crippen LogP contribution in [-0.2, 0) is 11.3 Å². The zero-order valence-corrected chi connectivity index (χ0v) is 9.71. The molecule has 0 aliphatic rings. The predicted octanol–water partition coefficient (Wildman–Crippen LogP) is 0.395. The third kappa shape index (κ3) is 2.47. The predicted molar refractivity (Wildman–Crippen MR) is 62.1 cm³/mol. The Labute approximate surface area is 98.6 Å². The van der Waals surface area contributed by atoms with Crippen molar-refractivity contribution in [3.05, 3.63) is 29.8 Å². The van der Waals surface area contributed by atoms with Gasteiger partial charge >= 0.3 is 0 Å². The molecule has 0 unspecified atom stereocenters. The van der Waals surface area contributed by atoms with Crippen LogP contribution in [0, 0.1) is 6.92 Å². The first kappa shape index (κ1) is 11.3. The number of amides is 1. The topological polar surface area (TPSA) is 72.7 Å².